The molecule has 0 saturated heterocycles. The lowest BCUT2D eigenvalue weighted by Crippen LogP contribution is -2.24. The molecule has 0 unspecified atom stereocenters. The molecular weight excluding hydrogens is 225 g/mol. The highest BCUT2D eigenvalue weighted by Gasteiger charge is 2.10. The van der Waals surface area contributed by atoms with Gasteiger partial charge in [-0.2, -0.15) is 0 Å². The van der Waals surface area contributed by atoms with Gasteiger partial charge in [-0.1, -0.05) is 29.8 Å². The molecule has 0 aromatic heterocycles. The van der Waals surface area contributed by atoms with Crippen LogP contribution < -0.4 is 0 Å². The summed E-state index contributed by atoms with van der Waals surface area (Å²) in [5, 5.41) is 0.457. The first-order valence-electron chi connectivity index (χ1n) is 5.06. The Morgan fingerprint density at radius 1 is 1.25 bits per heavy atom. The second kappa shape index (κ2) is 6.46. The van der Waals surface area contributed by atoms with Crippen LogP contribution in [-0.2, 0) is 6.54 Å². The Kier molecular flexibility index (Phi) is 5.23. The fourth-order valence-electron chi connectivity index (χ4n) is 1.48. The van der Waals surface area contributed by atoms with Crippen LogP contribution in [0.2, 0.25) is 5.02 Å². The van der Waals surface area contributed by atoms with E-state index in [1.807, 2.05) is 4.90 Å². The largest absolute Gasteiger partial charge is 0.292 e. The average Bonchev–Trinajstić information content (AvgIpc) is 2.24. The molecule has 0 aliphatic rings. The first-order chi connectivity index (χ1) is 7.69. The summed E-state index contributed by atoms with van der Waals surface area (Å²) in [6.07, 6.45) is 3.55. The smallest absolute Gasteiger partial charge is 0.129 e. The zero-order chi connectivity index (χ0) is 12.0. The second-order valence-corrected chi connectivity index (χ2v) is 3.88. The second-order valence-electron chi connectivity index (χ2n) is 3.47. The van der Waals surface area contributed by atoms with Crippen molar-refractivity contribution in [1.82, 2.24) is 4.90 Å². The first-order valence-corrected chi connectivity index (χ1v) is 5.44. The van der Waals surface area contributed by atoms with Gasteiger partial charge in [-0.3, -0.25) is 4.90 Å². The molecule has 0 amide bonds. The molecule has 0 spiro atoms. The Bertz CT molecular complexity index is 346. The normalized spacial score (nSPS) is 10.4. The van der Waals surface area contributed by atoms with Crippen LogP contribution in [0.5, 0.6) is 0 Å². The molecule has 0 radical (unpaired) electrons. The van der Waals surface area contributed by atoms with Crippen molar-refractivity contribution in [3.05, 3.63) is 59.9 Å². The van der Waals surface area contributed by atoms with Crippen molar-refractivity contribution >= 4 is 11.6 Å². The highest BCUT2D eigenvalue weighted by molar-refractivity contribution is 6.31. The van der Waals surface area contributed by atoms with E-state index in [-0.39, 0.29) is 5.82 Å². The van der Waals surface area contributed by atoms with E-state index in [2.05, 4.69) is 13.2 Å². The predicted molar refractivity (Wildman–Crippen MR) is 67.1 cm³/mol. The molecule has 0 heterocycles. The molecule has 1 aromatic carbocycles. The van der Waals surface area contributed by atoms with E-state index < -0.39 is 0 Å². The van der Waals surface area contributed by atoms with Crippen LogP contribution in [0.25, 0.3) is 0 Å². The van der Waals surface area contributed by atoms with Crippen molar-refractivity contribution in [2.75, 3.05) is 13.1 Å². The summed E-state index contributed by atoms with van der Waals surface area (Å²) in [6.45, 7) is 9.15. The third kappa shape index (κ3) is 3.47. The van der Waals surface area contributed by atoms with E-state index in [0.29, 0.717) is 30.2 Å². The summed E-state index contributed by atoms with van der Waals surface area (Å²) >= 11 is 5.96. The molecule has 1 aromatic rings. The minimum atomic E-state index is -0.273. The number of hydrogen-bond acceptors (Lipinski definition) is 1. The molecule has 3 heteroatoms. The van der Waals surface area contributed by atoms with E-state index in [9.17, 15) is 4.39 Å². The summed E-state index contributed by atoms with van der Waals surface area (Å²) in [5.74, 6) is -0.273. The van der Waals surface area contributed by atoms with Crippen LogP contribution in [0.1, 0.15) is 5.56 Å². The molecule has 0 atom stereocenters. The van der Waals surface area contributed by atoms with Gasteiger partial charge in [0.15, 0.2) is 0 Å². The fraction of sp³-hybridized carbons (Fsp3) is 0.231. The Labute approximate surface area is 101 Å². The minimum absolute atomic E-state index is 0.273. The maximum atomic E-state index is 13.5. The molecule has 0 saturated carbocycles. The molecule has 1 nitrogen and oxygen atoms in total. The molecule has 0 bridgehead atoms. The third-order valence-corrected chi connectivity index (χ3v) is 2.57. The Morgan fingerprint density at radius 2 is 1.88 bits per heavy atom. The van der Waals surface area contributed by atoms with Gasteiger partial charge in [0.2, 0.25) is 0 Å². The summed E-state index contributed by atoms with van der Waals surface area (Å²) in [5.41, 5.74) is 0.521. The minimum Gasteiger partial charge on any atom is -0.292 e. The van der Waals surface area contributed by atoms with Crippen LogP contribution in [0.4, 0.5) is 4.39 Å². The van der Waals surface area contributed by atoms with Crippen molar-refractivity contribution in [1.29, 1.82) is 0 Å². The number of hydrogen-bond donors (Lipinski definition) is 0. The van der Waals surface area contributed by atoms with E-state index >= 15 is 0 Å². The lowest BCUT2D eigenvalue weighted by molar-refractivity contribution is 0.322. The third-order valence-electron chi connectivity index (χ3n) is 2.22. The molecule has 86 valence electrons. The highest BCUT2D eigenvalue weighted by Crippen LogP contribution is 2.20. The summed E-state index contributed by atoms with van der Waals surface area (Å²) in [4.78, 5) is 2.00. The lowest BCUT2D eigenvalue weighted by Gasteiger charge is -2.19. The highest BCUT2D eigenvalue weighted by atomic mass is 35.5. The average molecular weight is 240 g/mol. The lowest BCUT2D eigenvalue weighted by atomic mass is 10.2. The zero-order valence-electron chi connectivity index (χ0n) is 9.13. The van der Waals surface area contributed by atoms with Gasteiger partial charge in [-0.15, -0.1) is 13.2 Å². The van der Waals surface area contributed by atoms with Crippen molar-refractivity contribution in [2.24, 2.45) is 0 Å². The van der Waals surface area contributed by atoms with E-state index in [1.165, 1.54) is 6.07 Å². The van der Waals surface area contributed by atoms with Crippen molar-refractivity contribution in [3.8, 4) is 0 Å². The molecule has 1 rings (SSSR count). The van der Waals surface area contributed by atoms with Crippen LogP contribution >= 0.6 is 11.6 Å². The molecule has 0 fully saturated rings. The van der Waals surface area contributed by atoms with Gasteiger partial charge in [0.25, 0.3) is 0 Å². The van der Waals surface area contributed by atoms with Gasteiger partial charge >= 0.3 is 0 Å². The Morgan fingerprint density at radius 3 is 2.38 bits per heavy atom. The van der Waals surface area contributed by atoms with Crippen molar-refractivity contribution < 1.29 is 4.39 Å². The van der Waals surface area contributed by atoms with Crippen molar-refractivity contribution in [3.63, 3.8) is 0 Å². The molecule has 16 heavy (non-hydrogen) atoms. The van der Waals surface area contributed by atoms with Crippen LogP contribution in [0.15, 0.2) is 43.5 Å². The van der Waals surface area contributed by atoms with E-state index in [1.54, 1.807) is 24.3 Å². The monoisotopic (exact) mass is 239 g/mol. The molecule has 0 aliphatic heterocycles. The van der Waals surface area contributed by atoms with Gasteiger partial charge in [0.1, 0.15) is 5.82 Å². The number of nitrogens with zero attached hydrogens (tertiary/aromatic N) is 1. The summed E-state index contributed by atoms with van der Waals surface area (Å²) in [6, 6.07) is 4.72. The van der Waals surface area contributed by atoms with Gasteiger partial charge in [-0.25, -0.2) is 4.39 Å². The number of halogens is 2. The Balaban J connectivity index is 2.83. The van der Waals surface area contributed by atoms with Gasteiger partial charge in [0, 0.05) is 30.2 Å². The van der Waals surface area contributed by atoms with Gasteiger partial charge < -0.3 is 0 Å². The van der Waals surface area contributed by atoms with Crippen LogP contribution in [-0.4, -0.2) is 18.0 Å². The predicted octanol–water partition coefficient (Wildman–Crippen LogP) is 3.65. The van der Waals surface area contributed by atoms with Crippen LogP contribution in [0, 0.1) is 5.82 Å². The fourth-order valence-corrected chi connectivity index (χ4v) is 1.70. The number of benzene rings is 1. The maximum absolute atomic E-state index is 13.5. The zero-order valence-corrected chi connectivity index (χ0v) is 9.88. The van der Waals surface area contributed by atoms with Crippen LogP contribution in [0.3, 0.4) is 0 Å². The van der Waals surface area contributed by atoms with Gasteiger partial charge in [-0.05, 0) is 12.1 Å². The molecule has 0 N–H and O–H groups in total. The first kappa shape index (κ1) is 12.9. The quantitative estimate of drug-likeness (QED) is 0.685. The molecular formula is C13H15ClFN. The standard InChI is InChI=1S/C13H15ClFN/c1-3-8-16(9-4-2)10-11-12(14)6-5-7-13(11)15/h3-7H,1-2,8-10H2. The van der Waals surface area contributed by atoms with Gasteiger partial charge in [0.05, 0.1) is 0 Å². The SMILES string of the molecule is C=CCN(CC=C)Cc1c(F)cccc1Cl. The maximum Gasteiger partial charge on any atom is 0.129 e. The van der Waals surface area contributed by atoms with E-state index in [4.69, 9.17) is 11.6 Å². The molecule has 0 aliphatic carbocycles. The summed E-state index contributed by atoms with van der Waals surface area (Å²) < 4.78 is 13.5. The van der Waals surface area contributed by atoms with E-state index in [0.717, 1.165) is 0 Å². The Hall–Kier alpha value is -1.12. The van der Waals surface area contributed by atoms with Crippen molar-refractivity contribution in [2.45, 2.75) is 6.54 Å². The number of rotatable bonds is 6. The topological polar surface area (TPSA) is 3.24 Å². The summed E-state index contributed by atoms with van der Waals surface area (Å²) in [7, 11) is 0.